The van der Waals surface area contributed by atoms with Crippen molar-refractivity contribution in [2.75, 3.05) is 0 Å². The average Bonchev–Trinajstić information content (AvgIpc) is 3.00. The largest absolute Gasteiger partial charge is 0.241 e. The third-order valence-corrected chi connectivity index (χ3v) is 5.31. The molecule has 2 aromatic rings. The first-order chi connectivity index (χ1) is 10.8. The SMILES string of the molecule is CCC1CCCC[C@@H]1CCc1ccc(-n2cc(C)cn2)cc1. The fourth-order valence-electron chi connectivity index (χ4n) is 3.92. The molecule has 0 amide bonds. The van der Waals surface area contributed by atoms with Gasteiger partial charge in [0, 0.05) is 6.20 Å². The first kappa shape index (κ1) is 15.3. The molecular weight excluding hydrogens is 268 g/mol. The van der Waals surface area contributed by atoms with Gasteiger partial charge in [0.2, 0.25) is 0 Å². The highest BCUT2D eigenvalue weighted by molar-refractivity contribution is 5.34. The average molecular weight is 296 g/mol. The van der Waals surface area contributed by atoms with Gasteiger partial charge in [-0.2, -0.15) is 5.10 Å². The second-order valence-corrected chi connectivity index (χ2v) is 6.88. The van der Waals surface area contributed by atoms with E-state index in [1.165, 1.54) is 56.1 Å². The van der Waals surface area contributed by atoms with E-state index in [9.17, 15) is 0 Å². The Morgan fingerprint density at radius 3 is 2.45 bits per heavy atom. The van der Waals surface area contributed by atoms with Crippen LogP contribution in [0.25, 0.3) is 5.69 Å². The van der Waals surface area contributed by atoms with Crippen LogP contribution in [0.3, 0.4) is 0 Å². The molecule has 1 heterocycles. The van der Waals surface area contributed by atoms with Crippen molar-refractivity contribution >= 4 is 0 Å². The van der Waals surface area contributed by atoms with Crippen LogP contribution in [-0.4, -0.2) is 9.78 Å². The first-order valence-corrected chi connectivity index (χ1v) is 8.87. The molecular formula is C20H28N2. The molecule has 1 fully saturated rings. The summed E-state index contributed by atoms with van der Waals surface area (Å²) in [7, 11) is 0. The van der Waals surface area contributed by atoms with Crippen LogP contribution in [0.1, 0.15) is 56.6 Å². The van der Waals surface area contributed by atoms with Gasteiger partial charge in [-0.15, -0.1) is 0 Å². The van der Waals surface area contributed by atoms with Crippen molar-refractivity contribution in [2.45, 2.75) is 58.8 Å². The number of hydrogen-bond acceptors (Lipinski definition) is 1. The molecule has 22 heavy (non-hydrogen) atoms. The van der Waals surface area contributed by atoms with Crippen molar-refractivity contribution in [1.29, 1.82) is 0 Å². The molecule has 2 heteroatoms. The molecule has 0 saturated heterocycles. The normalized spacial score (nSPS) is 21.9. The second kappa shape index (κ2) is 7.13. The Bertz CT molecular complexity index is 582. The highest BCUT2D eigenvalue weighted by atomic mass is 15.3. The lowest BCUT2D eigenvalue weighted by molar-refractivity contribution is 0.218. The number of benzene rings is 1. The Balaban J connectivity index is 1.59. The molecule has 0 radical (unpaired) electrons. The Labute approximate surface area is 134 Å². The van der Waals surface area contributed by atoms with Crippen molar-refractivity contribution < 1.29 is 0 Å². The molecule has 1 aliphatic carbocycles. The predicted molar refractivity (Wildman–Crippen MR) is 92.4 cm³/mol. The molecule has 0 N–H and O–H groups in total. The van der Waals surface area contributed by atoms with Crippen LogP contribution in [0.2, 0.25) is 0 Å². The van der Waals surface area contributed by atoms with Crippen LogP contribution in [0.5, 0.6) is 0 Å². The summed E-state index contributed by atoms with van der Waals surface area (Å²) in [6, 6.07) is 8.94. The first-order valence-electron chi connectivity index (χ1n) is 8.87. The highest BCUT2D eigenvalue weighted by Gasteiger charge is 2.23. The Kier molecular flexibility index (Phi) is 4.97. The van der Waals surface area contributed by atoms with Gasteiger partial charge in [0.25, 0.3) is 0 Å². The predicted octanol–water partition coefficient (Wildman–Crippen LogP) is 5.33. The number of aryl methyl sites for hydroxylation is 2. The van der Waals surface area contributed by atoms with Gasteiger partial charge in [0.05, 0.1) is 11.9 Å². The standard InChI is InChI=1S/C20H28N2/c1-3-18-6-4-5-7-19(18)11-8-17-9-12-20(13-10-17)22-15-16(2)14-21-22/h9-10,12-15,18-19H,3-8,11H2,1-2H3/t18?,19-/m1/s1. The maximum Gasteiger partial charge on any atom is 0.0645 e. The molecule has 118 valence electrons. The quantitative estimate of drug-likeness (QED) is 0.729. The van der Waals surface area contributed by atoms with Crippen LogP contribution in [-0.2, 0) is 6.42 Å². The lowest BCUT2D eigenvalue weighted by Gasteiger charge is -2.30. The van der Waals surface area contributed by atoms with E-state index < -0.39 is 0 Å². The Hall–Kier alpha value is -1.57. The Morgan fingerprint density at radius 2 is 1.82 bits per heavy atom. The van der Waals surface area contributed by atoms with Gasteiger partial charge >= 0.3 is 0 Å². The van der Waals surface area contributed by atoms with E-state index in [4.69, 9.17) is 0 Å². The van der Waals surface area contributed by atoms with Crippen LogP contribution in [0, 0.1) is 18.8 Å². The van der Waals surface area contributed by atoms with E-state index in [0.717, 1.165) is 17.5 Å². The molecule has 2 atom stereocenters. The van der Waals surface area contributed by atoms with E-state index in [-0.39, 0.29) is 0 Å². The molecule has 1 unspecified atom stereocenters. The molecule has 0 aliphatic heterocycles. The highest BCUT2D eigenvalue weighted by Crippen LogP contribution is 2.35. The second-order valence-electron chi connectivity index (χ2n) is 6.88. The summed E-state index contributed by atoms with van der Waals surface area (Å²) in [6.07, 6.45) is 13.7. The zero-order valence-corrected chi connectivity index (χ0v) is 14.0. The van der Waals surface area contributed by atoms with Crippen LogP contribution in [0.4, 0.5) is 0 Å². The minimum absolute atomic E-state index is 0.951. The van der Waals surface area contributed by atoms with Gasteiger partial charge in [-0.3, -0.25) is 0 Å². The molecule has 2 nitrogen and oxygen atoms in total. The van der Waals surface area contributed by atoms with Crippen LogP contribution < -0.4 is 0 Å². The maximum absolute atomic E-state index is 4.37. The minimum Gasteiger partial charge on any atom is -0.241 e. The number of aromatic nitrogens is 2. The van der Waals surface area contributed by atoms with E-state index in [1.807, 2.05) is 10.9 Å². The summed E-state index contributed by atoms with van der Waals surface area (Å²) in [4.78, 5) is 0. The topological polar surface area (TPSA) is 17.8 Å². The zero-order chi connectivity index (χ0) is 15.4. The van der Waals surface area contributed by atoms with Crippen molar-refractivity contribution in [1.82, 2.24) is 9.78 Å². The fourth-order valence-corrected chi connectivity index (χ4v) is 3.92. The van der Waals surface area contributed by atoms with Gasteiger partial charge in [-0.25, -0.2) is 4.68 Å². The van der Waals surface area contributed by atoms with E-state index in [2.05, 4.69) is 49.4 Å². The van der Waals surface area contributed by atoms with Crippen molar-refractivity contribution in [3.05, 3.63) is 47.8 Å². The molecule has 3 rings (SSSR count). The number of hydrogen-bond donors (Lipinski definition) is 0. The Morgan fingerprint density at radius 1 is 1.09 bits per heavy atom. The molecule has 0 bridgehead atoms. The van der Waals surface area contributed by atoms with Gasteiger partial charge in [-0.05, 0) is 54.9 Å². The van der Waals surface area contributed by atoms with Crippen molar-refractivity contribution in [2.24, 2.45) is 11.8 Å². The third kappa shape index (κ3) is 3.60. The monoisotopic (exact) mass is 296 g/mol. The van der Waals surface area contributed by atoms with Gasteiger partial charge in [0.15, 0.2) is 0 Å². The van der Waals surface area contributed by atoms with Crippen LogP contribution in [0.15, 0.2) is 36.7 Å². The summed E-state index contributed by atoms with van der Waals surface area (Å²) in [5.41, 5.74) is 3.82. The van der Waals surface area contributed by atoms with Gasteiger partial charge in [0.1, 0.15) is 0 Å². The summed E-state index contributed by atoms with van der Waals surface area (Å²) in [6.45, 7) is 4.44. The fraction of sp³-hybridized carbons (Fsp3) is 0.550. The summed E-state index contributed by atoms with van der Waals surface area (Å²) >= 11 is 0. The van der Waals surface area contributed by atoms with Crippen LogP contribution >= 0.6 is 0 Å². The minimum atomic E-state index is 0.951. The van der Waals surface area contributed by atoms with Crippen molar-refractivity contribution in [3.8, 4) is 5.69 Å². The third-order valence-electron chi connectivity index (χ3n) is 5.31. The lowest BCUT2D eigenvalue weighted by atomic mass is 9.75. The van der Waals surface area contributed by atoms with E-state index >= 15 is 0 Å². The smallest absolute Gasteiger partial charge is 0.0645 e. The van der Waals surface area contributed by atoms with Gasteiger partial charge in [-0.1, -0.05) is 51.2 Å². The summed E-state index contributed by atoms with van der Waals surface area (Å²) in [5, 5.41) is 4.37. The molecule has 1 saturated carbocycles. The lowest BCUT2D eigenvalue weighted by Crippen LogP contribution is -2.19. The molecule has 1 aromatic carbocycles. The molecule has 1 aliphatic rings. The number of rotatable bonds is 5. The maximum atomic E-state index is 4.37. The molecule has 1 aromatic heterocycles. The summed E-state index contributed by atoms with van der Waals surface area (Å²) in [5.74, 6) is 1.92. The number of nitrogens with zero attached hydrogens (tertiary/aromatic N) is 2. The van der Waals surface area contributed by atoms with Crippen molar-refractivity contribution in [3.63, 3.8) is 0 Å². The van der Waals surface area contributed by atoms with E-state index in [0.29, 0.717) is 0 Å². The van der Waals surface area contributed by atoms with E-state index in [1.54, 1.807) is 0 Å². The molecule has 0 spiro atoms. The summed E-state index contributed by atoms with van der Waals surface area (Å²) < 4.78 is 1.95. The zero-order valence-electron chi connectivity index (χ0n) is 14.0. The van der Waals surface area contributed by atoms with Gasteiger partial charge < -0.3 is 0 Å².